The fourth-order valence-corrected chi connectivity index (χ4v) is 1.63. The summed E-state index contributed by atoms with van der Waals surface area (Å²) in [5.41, 5.74) is 0.960. The van der Waals surface area contributed by atoms with Crippen LogP contribution < -0.4 is 10.1 Å². The van der Waals surface area contributed by atoms with Crippen LogP contribution in [0.3, 0.4) is 0 Å². The summed E-state index contributed by atoms with van der Waals surface area (Å²) >= 11 is 5.96. The number of hydrogen-bond donors (Lipinski definition) is 1. The number of benzene rings is 1. The van der Waals surface area contributed by atoms with Crippen molar-refractivity contribution in [1.29, 1.82) is 0 Å². The van der Waals surface area contributed by atoms with Gasteiger partial charge in [0.25, 0.3) is 0 Å². The Balaban J connectivity index is 2.52. The van der Waals surface area contributed by atoms with E-state index in [0.29, 0.717) is 17.6 Å². The van der Waals surface area contributed by atoms with Gasteiger partial charge in [-0.05, 0) is 17.7 Å². The zero-order valence-electron chi connectivity index (χ0n) is 10.9. The summed E-state index contributed by atoms with van der Waals surface area (Å²) in [4.78, 5) is 0. The summed E-state index contributed by atoms with van der Waals surface area (Å²) < 4.78 is 41.0. The molecule has 0 radical (unpaired) electrons. The minimum Gasteiger partial charge on any atom is -0.492 e. The van der Waals surface area contributed by atoms with E-state index in [9.17, 15) is 13.2 Å². The predicted octanol–water partition coefficient (Wildman–Crippen LogP) is 4.17. The third-order valence-corrected chi connectivity index (χ3v) is 2.65. The Hall–Kier alpha value is -0.940. The second kappa shape index (κ2) is 7.01. The van der Waals surface area contributed by atoms with Crippen molar-refractivity contribution in [2.75, 3.05) is 6.61 Å². The van der Waals surface area contributed by atoms with E-state index in [4.69, 9.17) is 16.3 Å². The maximum absolute atomic E-state index is 12.0. The largest absolute Gasteiger partial charge is 0.492 e. The van der Waals surface area contributed by atoms with Crippen LogP contribution >= 0.6 is 11.6 Å². The fourth-order valence-electron chi connectivity index (χ4n) is 1.37. The van der Waals surface area contributed by atoms with Crippen LogP contribution in [0, 0.1) is 0 Å². The molecule has 0 aliphatic carbocycles. The molecule has 6 heteroatoms. The highest BCUT2D eigenvalue weighted by Crippen LogP contribution is 2.27. The molecule has 1 rings (SSSR count). The van der Waals surface area contributed by atoms with Gasteiger partial charge in [0.05, 0.1) is 18.1 Å². The molecule has 0 aromatic heterocycles. The van der Waals surface area contributed by atoms with Crippen molar-refractivity contribution in [3.8, 4) is 5.75 Å². The molecule has 0 bridgehead atoms. The first kappa shape index (κ1) is 16.1. The Morgan fingerprint density at radius 2 is 2.00 bits per heavy atom. The van der Waals surface area contributed by atoms with Crippen molar-refractivity contribution in [1.82, 2.24) is 5.32 Å². The summed E-state index contributed by atoms with van der Waals surface area (Å²) in [6.07, 6.45) is -5.20. The van der Waals surface area contributed by atoms with Crippen LogP contribution in [0.1, 0.15) is 25.8 Å². The lowest BCUT2D eigenvalue weighted by Gasteiger charge is -2.12. The first-order valence-corrected chi connectivity index (χ1v) is 6.37. The summed E-state index contributed by atoms with van der Waals surface area (Å²) in [6.45, 7) is 4.28. The van der Waals surface area contributed by atoms with Gasteiger partial charge in [-0.25, -0.2) is 0 Å². The lowest BCUT2D eigenvalue weighted by molar-refractivity contribution is -0.139. The molecule has 1 aromatic rings. The standard InChI is InChI=1S/C13H17ClF3NO/c1-9(2)18-8-10-3-4-12(11(14)7-10)19-6-5-13(15,16)17/h3-4,7,9,18H,5-6,8H2,1-2H3. The van der Waals surface area contributed by atoms with Crippen molar-refractivity contribution in [2.45, 2.75) is 39.0 Å². The zero-order valence-corrected chi connectivity index (χ0v) is 11.6. The normalized spacial score (nSPS) is 11.9. The minimum atomic E-state index is -4.21. The van der Waals surface area contributed by atoms with Crippen molar-refractivity contribution >= 4 is 11.6 Å². The van der Waals surface area contributed by atoms with Gasteiger partial charge in [0.2, 0.25) is 0 Å². The van der Waals surface area contributed by atoms with Gasteiger partial charge in [0.15, 0.2) is 0 Å². The number of ether oxygens (including phenoxy) is 1. The molecule has 1 aromatic carbocycles. The molecule has 0 aliphatic rings. The number of hydrogen-bond acceptors (Lipinski definition) is 2. The van der Waals surface area contributed by atoms with Crippen LogP contribution in [0.25, 0.3) is 0 Å². The van der Waals surface area contributed by atoms with Crippen LogP contribution in [-0.2, 0) is 6.54 Å². The highest BCUT2D eigenvalue weighted by atomic mass is 35.5. The molecule has 0 aliphatic heterocycles. The van der Waals surface area contributed by atoms with Gasteiger partial charge in [-0.3, -0.25) is 0 Å². The van der Waals surface area contributed by atoms with Crippen molar-refractivity contribution in [3.05, 3.63) is 28.8 Å². The van der Waals surface area contributed by atoms with E-state index in [1.54, 1.807) is 18.2 Å². The number of alkyl halides is 3. The van der Waals surface area contributed by atoms with Crippen molar-refractivity contribution in [3.63, 3.8) is 0 Å². The van der Waals surface area contributed by atoms with Gasteiger partial charge < -0.3 is 10.1 Å². The van der Waals surface area contributed by atoms with E-state index < -0.39 is 19.2 Å². The Bertz CT molecular complexity index is 407. The predicted molar refractivity (Wildman–Crippen MR) is 69.6 cm³/mol. The summed E-state index contributed by atoms with van der Waals surface area (Å²) in [6, 6.07) is 5.42. The number of nitrogens with one attached hydrogen (secondary N) is 1. The first-order valence-electron chi connectivity index (χ1n) is 5.99. The van der Waals surface area contributed by atoms with Gasteiger partial charge >= 0.3 is 6.18 Å². The number of halogens is 4. The van der Waals surface area contributed by atoms with Gasteiger partial charge in [-0.15, -0.1) is 0 Å². The molecule has 0 atom stereocenters. The monoisotopic (exact) mass is 295 g/mol. The molecule has 2 nitrogen and oxygen atoms in total. The van der Waals surface area contributed by atoms with E-state index in [-0.39, 0.29) is 5.75 Å². The molecule has 0 amide bonds. The first-order chi connectivity index (χ1) is 8.78. The zero-order chi connectivity index (χ0) is 14.5. The van der Waals surface area contributed by atoms with Gasteiger partial charge in [-0.1, -0.05) is 31.5 Å². The average molecular weight is 296 g/mol. The summed E-state index contributed by atoms with van der Waals surface area (Å²) in [7, 11) is 0. The van der Waals surface area contributed by atoms with Gasteiger partial charge in [0.1, 0.15) is 5.75 Å². The Morgan fingerprint density at radius 3 is 2.53 bits per heavy atom. The molecule has 108 valence electrons. The van der Waals surface area contributed by atoms with E-state index in [2.05, 4.69) is 5.32 Å². The maximum atomic E-state index is 12.0. The molecule has 1 N–H and O–H groups in total. The topological polar surface area (TPSA) is 21.3 Å². The van der Waals surface area contributed by atoms with Gasteiger partial charge in [-0.2, -0.15) is 13.2 Å². The Morgan fingerprint density at radius 1 is 1.32 bits per heavy atom. The molecule has 0 fully saturated rings. The smallest absolute Gasteiger partial charge is 0.392 e. The highest BCUT2D eigenvalue weighted by Gasteiger charge is 2.26. The van der Waals surface area contributed by atoms with Crippen LogP contribution in [0.4, 0.5) is 13.2 Å². The molecular formula is C13H17ClF3NO. The van der Waals surface area contributed by atoms with Crippen molar-refractivity contribution in [2.24, 2.45) is 0 Å². The van der Waals surface area contributed by atoms with Crippen molar-refractivity contribution < 1.29 is 17.9 Å². The molecule has 0 saturated heterocycles. The SMILES string of the molecule is CC(C)NCc1ccc(OCCC(F)(F)F)c(Cl)c1. The molecular weight excluding hydrogens is 279 g/mol. The van der Waals surface area contributed by atoms with Crippen LogP contribution in [0.15, 0.2) is 18.2 Å². The second-order valence-corrected chi connectivity index (χ2v) is 4.92. The lowest BCUT2D eigenvalue weighted by atomic mass is 10.2. The summed E-state index contributed by atoms with van der Waals surface area (Å²) in [5.74, 6) is 0.277. The van der Waals surface area contributed by atoms with E-state index in [1.165, 1.54) is 0 Å². The number of rotatable bonds is 6. The summed E-state index contributed by atoms with van der Waals surface area (Å²) in [5, 5.41) is 3.55. The second-order valence-electron chi connectivity index (χ2n) is 4.51. The van der Waals surface area contributed by atoms with Crippen LogP contribution in [0.2, 0.25) is 5.02 Å². The van der Waals surface area contributed by atoms with Crippen LogP contribution in [0.5, 0.6) is 5.75 Å². The average Bonchev–Trinajstić information content (AvgIpc) is 2.27. The quantitative estimate of drug-likeness (QED) is 0.850. The lowest BCUT2D eigenvalue weighted by Crippen LogP contribution is -2.21. The fraction of sp³-hybridized carbons (Fsp3) is 0.538. The maximum Gasteiger partial charge on any atom is 0.392 e. The van der Waals surface area contributed by atoms with E-state index in [1.807, 2.05) is 13.8 Å². The Labute approximate surface area is 115 Å². The molecule has 0 heterocycles. The minimum absolute atomic E-state index is 0.277. The molecule has 0 saturated carbocycles. The molecule has 19 heavy (non-hydrogen) atoms. The highest BCUT2D eigenvalue weighted by molar-refractivity contribution is 6.32. The third kappa shape index (κ3) is 6.68. The van der Waals surface area contributed by atoms with Crippen LogP contribution in [-0.4, -0.2) is 18.8 Å². The molecule has 0 unspecified atom stereocenters. The third-order valence-electron chi connectivity index (χ3n) is 2.35. The molecule has 0 spiro atoms. The van der Waals surface area contributed by atoms with Gasteiger partial charge in [0, 0.05) is 12.6 Å². The van der Waals surface area contributed by atoms with E-state index in [0.717, 1.165) is 5.56 Å². The van der Waals surface area contributed by atoms with E-state index >= 15 is 0 Å². The Kier molecular flexibility index (Phi) is 5.94.